The van der Waals surface area contributed by atoms with Gasteiger partial charge >= 0.3 is 5.97 Å². The van der Waals surface area contributed by atoms with Crippen LogP contribution in [0.25, 0.3) is 11.4 Å². The lowest BCUT2D eigenvalue weighted by atomic mass is 10.1. The highest BCUT2D eigenvalue weighted by atomic mass is 32.1. The first-order valence-electron chi connectivity index (χ1n) is 9.82. The van der Waals surface area contributed by atoms with Gasteiger partial charge < -0.3 is 14.6 Å². The lowest BCUT2D eigenvalue weighted by Gasteiger charge is -2.02. The minimum Gasteiger partial charge on any atom is -0.457 e. The van der Waals surface area contributed by atoms with E-state index in [4.69, 9.17) is 9.26 Å². The first-order chi connectivity index (χ1) is 14.9. The number of thiophene rings is 1. The molecule has 1 amide bonds. The van der Waals surface area contributed by atoms with Crippen LogP contribution < -0.4 is 5.32 Å². The lowest BCUT2D eigenvalue weighted by Crippen LogP contribution is -2.22. The topological polar surface area (TPSA) is 111 Å². The Hall–Kier alpha value is -3.33. The standard InChI is InChI=1S/C22H23N3O5S/c1-14-3-5-16(6-4-14)22-24-20(30-25-22)9-10-21(28)29-13-18(27)19-8-7-17(31-19)11-12-23-15(2)26/h3-8H,9-13H2,1-2H3,(H,23,26). The van der Waals surface area contributed by atoms with Crippen molar-refractivity contribution in [2.24, 2.45) is 0 Å². The summed E-state index contributed by atoms with van der Waals surface area (Å²) in [5, 5.41) is 6.64. The lowest BCUT2D eigenvalue weighted by molar-refractivity contribution is -0.142. The number of benzene rings is 1. The molecule has 162 valence electrons. The van der Waals surface area contributed by atoms with Crippen molar-refractivity contribution in [3.05, 3.63) is 57.6 Å². The van der Waals surface area contributed by atoms with Gasteiger partial charge in [-0.25, -0.2) is 0 Å². The Bertz CT molecular complexity index is 1060. The van der Waals surface area contributed by atoms with E-state index in [1.165, 1.54) is 18.3 Å². The SMILES string of the molecule is CC(=O)NCCc1ccc(C(=O)COC(=O)CCc2nc(-c3ccc(C)cc3)no2)s1. The van der Waals surface area contributed by atoms with Crippen molar-refractivity contribution >= 4 is 29.0 Å². The molecule has 0 saturated carbocycles. The van der Waals surface area contributed by atoms with Gasteiger partial charge in [-0.1, -0.05) is 35.0 Å². The molecule has 0 aliphatic rings. The number of aromatic nitrogens is 2. The minimum atomic E-state index is -0.508. The van der Waals surface area contributed by atoms with E-state index in [1.807, 2.05) is 37.3 Å². The average molecular weight is 442 g/mol. The van der Waals surface area contributed by atoms with Gasteiger partial charge in [0.25, 0.3) is 0 Å². The second kappa shape index (κ2) is 10.6. The maximum atomic E-state index is 12.2. The molecule has 0 radical (unpaired) electrons. The van der Waals surface area contributed by atoms with Crippen molar-refractivity contribution in [3.63, 3.8) is 0 Å². The van der Waals surface area contributed by atoms with Crippen molar-refractivity contribution < 1.29 is 23.6 Å². The van der Waals surface area contributed by atoms with Crippen LogP contribution in [-0.2, 0) is 27.2 Å². The molecule has 0 spiro atoms. The molecule has 0 fully saturated rings. The van der Waals surface area contributed by atoms with Crippen LogP contribution in [0.1, 0.15) is 39.3 Å². The quantitative estimate of drug-likeness (QED) is 0.380. The maximum absolute atomic E-state index is 12.2. The number of esters is 1. The molecule has 3 rings (SSSR count). The minimum absolute atomic E-state index is 0.0369. The Kier molecular flexibility index (Phi) is 7.66. The van der Waals surface area contributed by atoms with Crippen molar-refractivity contribution in [1.29, 1.82) is 0 Å². The molecule has 0 atom stereocenters. The van der Waals surface area contributed by atoms with Gasteiger partial charge in [-0.2, -0.15) is 4.98 Å². The molecule has 0 unspecified atom stereocenters. The van der Waals surface area contributed by atoms with Gasteiger partial charge in [-0.15, -0.1) is 11.3 Å². The molecule has 2 heterocycles. The highest BCUT2D eigenvalue weighted by Gasteiger charge is 2.15. The number of amides is 1. The smallest absolute Gasteiger partial charge is 0.306 e. The van der Waals surface area contributed by atoms with Crippen molar-refractivity contribution in [2.75, 3.05) is 13.2 Å². The Morgan fingerprint density at radius 2 is 1.87 bits per heavy atom. The summed E-state index contributed by atoms with van der Waals surface area (Å²) in [6.07, 6.45) is 0.916. The van der Waals surface area contributed by atoms with Crippen molar-refractivity contribution in [3.8, 4) is 11.4 Å². The highest BCUT2D eigenvalue weighted by molar-refractivity contribution is 7.14. The predicted molar refractivity (Wildman–Crippen MR) is 115 cm³/mol. The van der Waals surface area contributed by atoms with Gasteiger partial charge in [0.05, 0.1) is 11.3 Å². The number of nitrogens with zero attached hydrogens (tertiary/aromatic N) is 2. The van der Waals surface area contributed by atoms with Gasteiger partial charge in [0.2, 0.25) is 23.4 Å². The van der Waals surface area contributed by atoms with Gasteiger partial charge in [0.1, 0.15) is 0 Å². The zero-order chi connectivity index (χ0) is 22.2. The van der Waals surface area contributed by atoms with Gasteiger partial charge in [0, 0.05) is 30.3 Å². The number of ketones is 1. The summed E-state index contributed by atoms with van der Waals surface area (Å²) in [6.45, 7) is 3.65. The zero-order valence-electron chi connectivity index (χ0n) is 17.3. The first kappa shape index (κ1) is 22.4. The van der Waals surface area contributed by atoms with Crippen LogP contribution in [0.15, 0.2) is 40.9 Å². The molecule has 0 aliphatic heterocycles. The molecular formula is C22H23N3O5S. The number of rotatable bonds is 10. The molecule has 2 aromatic heterocycles. The predicted octanol–water partition coefficient (Wildman–Crippen LogP) is 3.14. The van der Waals surface area contributed by atoms with Gasteiger partial charge in [-0.05, 0) is 25.5 Å². The van der Waals surface area contributed by atoms with E-state index in [9.17, 15) is 14.4 Å². The fraction of sp³-hybridized carbons (Fsp3) is 0.318. The Labute approximate surface area is 183 Å². The van der Waals surface area contributed by atoms with E-state index in [-0.39, 0.29) is 31.1 Å². The number of aryl methyl sites for hydroxylation is 2. The first-order valence-corrected chi connectivity index (χ1v) is 10.6. The molecule has 8 nitrogen and oxygen atoms in total. The summed E-state index contributed by atoms with van der Waals surface area (Å²) < 4.78 is 10.3. The van der Waals surface area contributed by atoms with Gasteiger partial charge in [-0.3, -0.25) is 14.4 Å². The molecule has 3 aromatic rings. The summed E-state index contributed by atoms with van der Waals surface area (Å²) in [7, 11) is 0. The van der Waals surface area contributed by atoms with Crippen LogP contribution in [0, 0.1) is 6.92 Å². The number of ether oxygens (including phenoxy) is 1. The van der Waals surface area contributed by atoms with Crippen LogP contribution in [0.3, 0.4) is 0 Å². The fourth-order valence-electron chi connectivity index (χ4n) is 2.70. The molecule has 0 bridgehead atoms. The fourth-order valence-corrected chi connectivity index (χ4v) is 3.63. The summed E-state index contributed by atoms with van der Waals surface area (Å²) in [6, 6.07) is 11.3. The maximum Gasteiger partial charge on any atom is 0.306 e. The monoisotopic (exact) mass is 441 g/mol. The number of hydrogen-bond acceptors (Lipinski definition) is 8. The highest BCUT2D eigenvalue weighted by Crippen LogP contribution is 2.18. The number of Topliss-reactive ketones (excluding diaryl/α,β-unsaturated/α-hetero) is 1. The Balaban J connectivity index is 1.41. The van der Waals surface area contributed by atoms with Crippen LogP contribution in [0.5, 0.6) is 0 Å². The van der Waals surface area contributed by atoms with Gasteiger partial charge in [0.15, 0.2) is 6.61 Å². The van der Waals surface area contributed by atoms with E-state index in [0.717, 1.165) is 16.0 Å². The van der Waals surface area contributed by atoms with Crippen LogP contribution >= 0.6 is 11.3 Å². The average Bonchev–Trinajstić information content (AvgIpc) is 3.41. The summed E-state index contributed by atoms with van der Waals surface area (Å²) in [5.74, 6) is -0.0624. The van der Waals surface area contributed by atoms with Crippen LogP contribution in [0.4, 0.5) is 0 Å². The van der Waals surface area contributed by atoms with E-state index in [2.05, 4.69) is 15.5 Å². The number of carbonyl (C=O) groups is 3. The zero-order valence-corrected chi connectivity index (χ0v) is 18.2. The number of hydrogen-bond donors (Lipinski definition) is 1. The second-order valence-corrected chi connectivity index (χ2v) is 8.13. The van der Waals surface area contributed by atoms with Crippen molar-refractivity contribution in [2.45, 2.75) is 33.1 Å². The van der Waals surface area contributed by atoms with Crippen LogP contribution in [-0.4, -0.2) is 41.0 Å². The van der Waals surface area contributed by atoms with E-state index < -0.39 is 5.97 Å². The largest absolute Gasteiger partial charge is 0.457 e. The molecule has 31 heavy (non-hydrogen) atoms. The number of carbonyl (C=O) groups excluding carboxylic acids is 3. The molecule has 0 aliphatic carbocycles. The third-order valence-electron chi connectivity index (χ3n) is 4.37. The summed E-state index contributed by atoms with van der Waals surface area (Å²) >= 11 is 1.33. The van der Waals surface area contributed by atoms with Crippen molar-refractivity contribution in [1.82, 2.24) is 15.5 Å². The summed E-state index contributed by atoms with van der Waals surface area (Å²) in [5.41, 5.74) is 1.97. The third-order valence-corrected chi connectivity index (χ3v) is 5.55. The molecular weight excluding hydrogens is 418 g/mol. The summed E-state index contributed by atoms with van der Waals surface area (Å²) in [4.78, 5) is 40.9. The third kappa shape index (κ3) is 6.85. The molecule has 9 heteroatoms. The molecule has 1 aromatic carbocycles. The van der Waals surface area contributed by atoms with Crippen LogP contribution in [0.2, 0.25) is 0 Å². The normalized spacial score (nSPS) is 10.6. The van der Waals surface area contributed by atoms with E-state index >= 15 is 0 Å². The second-order valence-electron chi connectivity index (χ2n) is 6.96. The van der Waals surface area contributed by atoms with E-state index in [0.29, 0.717) is 29.6 Å². The number of nitrogens with one attached hydrogen (secondary N) is 1. The Morgan fingerprint density at radius 3 is 2.61 bits per heavy atom. The molecule has 1 N–H and O–H groups in total. The Morgan fingerprint density at radius 1 is 1.10 bits per heavy atom. The van der Waals surface area contributed by atoms with E-state index in [1.54, 1.807) is 6.07 Å². The molecule has 0 saturated heterocycles.